The van der Waals surface area contributed by atoms with E-state index in [2.05, 4.69) is 19.9 Å². The molecule has 0 aliphatic carbocycles. The topological polar surface area (TPSA) is 155 Å². The Kier molecular flexibility index (Phi) is 35.8. The molecule has 0 aromatic heterocycles. The molecule has 0 spiro atoms. The van der Waals surface area contributed by atoms with E-state index >= 15 is 0 Å². The zero-order valence-electron chi connectivity index (χ0n) is 32.6. The van der Waals surface area contributed by atoms with Crippen molar-refractivity contribution in [1.29, 1.82) is 0 Å². The molecule has 0 aliphatic rings. The molecule has 0 saturated carbocycles. The van der Waals surface area contributed by atoms with E-state index in [4.69, 9.17) is 24.3 Å². The summed E-state index contributed by atoms with van der Waals surface area (Å²) in [5, 5.41) is 10.0. The molecule has 0 aromatic carbocycles. The molecule has 3 atom stereocenters. The number of nitrogens with two attached hydrogens (primary N) is 1. The molecular formula is C41H74NO9P. The van der Waals surface area contributed by atoms with Crippen molar-refractivity contribution in [2.45, 2.75) is 174 Å². The third kappa shape index (κ3) is 36.3. The Bertz CT molecular complexity index is 1010. The molecule has 0 radical (unpaired) electrons. The minimum atomic E-state index is -4.40. The highest BCUT2D eigenvalue weighted by molar-refractivity contribution is 7.47. The van der Waals surface area contributed by atoms with Gasteiger partial charge in [-0.15, -0.1) is 0 Å². The smallest absolute Gasteiger partial charge is 0.462 e. The molecule has 0 amide bonds. The average molecular weight is 756 g/mol. The summed E-state index contributed by atoms with van der Waals surface area (Å²) in [6.45, 7) is 3.53. The van der Waals surface area contributed by atoms with E-state index < -0.39 is 38.6 Å². The van der Waals surface area contributed by atoms with Crippen molar-refractivity contribution >= 4 is 19.8 Å². The molecule has 0 saturated heterocycles. The van der Waals surface area contributed by atoms with Gasteiger partial charge in [0.15, 0.2) is 6.10 Å². The molecule has 1 unspecified atom stereocenters. The Morgan fingerprint density at radius 1 is 0.673 bits per heavy atom. The van der Waals surface area contributed by atoms with E-state index in [9.17, 15) is 24.2 Å². The monoisotopic (exact) mass is 756 g/mol. The van der Waals surface area contributed by atoms with Crippen LogP contribution < -0.4 is 5.73 Å². The lowest BCUT2D eigenvalue weighted by Gasteiger charge is -2.19. The third-order valence-corrected chi connectivity index (χ3v) is 9.28. The molecule has 52 heavy (non-hydrogen) atoms. The lowest BCUT2D eigenvalue weighted by atomic mass is 10.0. The molecule has 0 aliphatic heterocycles. The Morgan fingerprint density at radius 3 is 1.90 bits per heavy atom. The van der Waals surface area contributed by atoms with Crippen molar-refractivity contribution in [3.63, 3.8) is 0 Å². The number of phosphoric ester groups is 1. The molecule has 0 heterocycles. The van der Waals surface area contributed by atoms with Crippen molar-refractivity contribution in [1.82, 2.24) is 0 Å². The maximum Gasteiger partial charge on any atom is 0.472 e. The van der Waals surface area contributed by atoms with Gasteiger partial charge in [-0.3, -0.25) is 18.6 Å². The van der Waals surface area contributed by atoms with Gasteiger partial charge in [-0.1, -0.05) is 152 Å². The highest BCUT2D eigenvalue weighted by atomic mass is 31.2. The van der Waals surface area contributed by atoms with E-state index in [-0.39, 0.29) is 32.6 Å². The SMILES string of the molecule is CCCCC/C=C\C=C/[C@@H](O)C/C=C\C/C=C/CCCC(=O)OC[C@H](COP(=O)(O)OCCN)OC(=O)CCCCCCCCCCCCCCC. The first-order valence-electron chi connectivity index (χ1n) is 20.2. The van der Waals surface area contributed by atoms with Crippen molar-refractivity contribution in [2.75, 3.05) is 26.4 Å². The van der Waals surface area contributed by atoms with E-state index in [0.717, 1.165) is 32.1 Å². The number of phosphoric acid groups is 1. The van der Waals surface area contributed by atoms with E-state index in [1.807, 2.05) is 36.5 Å². The Labute approximate surface area is 316 Å². The van der Waals surface area contributed by atoms with Gasteiger partial charge in [-0.05, 0) is 44.9 Å². The highest BCUT2D eigenvalue weighted by Crippen LogP contribution is 2.43. The third-order valence-electron chi connectivity index (χ3n) is 8.30. The summed E-state index contributed by atoms with van der Waals surface area (Å²) in [4.78, 5) is 34.7. The van der Waals surface area contributed by atoms with Crippen LogP contribution in [0, 0.1) is 0 Å². The standard InChI is InChI=1S/C41H74NO9P/c1-3-5-7-9-11-12-13-14-15-16-20-25-29-33-41(45)51-39(37-50-52(46,47)49-35-34-42)36-48-40(44)32-28-24-21-17-19-23-27-31-38(43)30-26-22-18-10-8-6-4-2/h17-18,21-23,26-27,30,38-39,43H,3-16,19-20,24-25,28-29,31-37,42H2,1-2H3,(H,46,47)/b21-17+,22-18-,27-23-,30-26-/t38-,39-/m1/s1. The average Bonchev–Trinajstić information content (AvgIpc) is 3.12. The summed E-state index contributed by atoms with van der Waals surface area (Å²) < 4.78 is 32.6. The van der Waals surface area contributed by atoms with Crippen LogP contribution in [-0.2, 0) is 32.7 Å². The molecule has 0 rings (SSSR count). The number of esters is 2. The second-order valence-electron chi connectivity index (χ2n) is 13.4. The van der Waals surface area contributed by atoms with Gasteiger partial charge in [0.05, 0.1) is 19.3 Å². The number of unbranched alkanes of at least 4 members (excludes halogenated alkanes) is 16. The summed E-state index contributed by atoms with van der Waals surface area (Å²) in [5.41, 5.74) is 5.33. The first-order chi connectivity index (χ1) is 25.2. The summed E-state index contributed by atoms with van der Waals surface area (Å²) in [7, 11) is -4.40. The number of aliphatic hydroxyl groups is 1. The molecule has 4 N–H and O–H groups in total. The van der Waals surface area contributed by atoms with Crippen LogP contribution in [0.25, 0.3) is 0 Å². The molecule has 0 bridgehead atoms. The van der Waals surface area contributed by atoms with E-state index in [1.165, 1.54) is 77.0 Å². The molecule has 11 heteroatoms. The lowest BCUT2D eigenvalue weighted by Crippen LogP contribution is -2.29. The van der Waals surface area contributed by atoms with Crippen LogP contribution in [0.15, 0.2) is 48.6 Å². The maximum atomic E-state index is 12.5. The molecule has 10 nitrogen and oxygen atoms in total. The Balaban J connectivity index is 4.35. The number of aliphatic hydroxyl groups excluding tert-OH is 1. The van der Waals surface area contributed by atoms with Crippen molar-refractivity contribution in [3.8, 4) is 0 Å². The normalized spacial score (nSPS) is 14.5. The van der Waals surface area contributed by atoms with Gasteiger partial charge in [0.1, 0.15) is 6.61 Å². The summed E-state index contributed by atoms with van der Waals surface area (Å²) >= 11 is 0. The van der Waals surface area contributed by atoms with Crippen molar-refractivity contribution < 1.29 is 42.7 Å². The number of ether oxygens (including phenoxy) is 2. The Hall–Kier alpha value is -2.07. The first-order valence-corrected chi connectivity index (χ1v) is 21.7. The number of hydrogen-bond acceptors (Lipinski definition) is 9. The fraction of sp³-hybridized carbons (Fsp3) is 0.756. The first kappa shape index (κ1) is 49.9. The summed E-state index contributed by atoms with van der Waals surface area (Å²) in [6, 6.07) is 0. The van der Waals surface area contributed by atoms with Gasteiger partial charge in [-0.25, -0.2) is 4.57 Å². The van der Waals surface area contributed by atoms with Gasteiger partial charge in [0, 0.05) is 19.4 Å². The van der Waals surface area contributed by atoms with Crippen molar-refractivity contribution in [2.24, 2.45) is 5.73 Å². The number of rotatable bonds is 37. The van der Waals surface area contributed by atoms with Crippen LogP contribution in [0.3, 0.4) is 0 Å². The van der Waals surface area contributed by atoms with Crippen LogP contribution in [0.4, 0.5) is 0 Å². The Morgan fingerprint density at radius 2 is 1.25 bits per heavy atom. The van der Waals surface area contributed by atoms with Crippen LogP contribution in [-0.4, -0.2) is 60.5 Å². The number of carbonyl (C=O) groups is 2. The zero-order chi connectivity index (χ0) is 38.4. The zero-order valence-corrected chi connectivity index (χ0v) is 33.5. The van der Waals surface area contributed by atoms with Crippen LogP contribution in [0.2, 0.25) is 0 Å². The quantitative estimate of drug-likeness (QED) is 0.0183. The summed E-state index contributed by atoms with van der Waals surface area (Å²) in [5.74, 6) is -0.936. The number of allylic oxidation sites excluding steroid dienone is 6. The lowest BCUT2D eigenvalue weighted by molar-refractivity contribution is -0.161. The highest BCUT2D eigenvalue weighted by Gasteiger charge is 2.25. The molecule has 302 valence electrons. The maximum absolute atomic E-state index is 12.5. The molecule has 0 fully saturated rings. The minimum absolute atomic E-state index is 0.0362. The van der Waals surface area contributed by atoms with Crippen LogP contribution >= 0.6 is 7.82 Å². The van der Waals surface area contributed by atoms with Gasteiger partial charge < -0.3 is 25.2 Å². The van der Waals surface area contributed by atoms with Crippen molar-refractivity contribution in [3.05, 3.63) is 48.6 Å². The van der Waals surface area contributed by atoms with Gasteiger partial charge >= 0.3 is 19.8 Å². The molecular weight excluding hydrogens is 681 g/mol. The minimum Gasteiger partial charge on any atom is -0.462 e. The van der Waals surface area contributed by atoms with Gasteiger partial charge in [0.25, 0.3) is 0 Å². The number of hydrogen-bond donors (Lipinski definition) is 3. The van der Waals surface area contributed by atoms with E-state index in [1.54, 1.807) is 6.08 Å². The molecule has 0 aromatic rings. The predicted molar refractivity (Wildman–Crippen MR) is 212 cm³/mol. The van der Waals surface area contributed by atoms with Gasteiger partial charge in [-0.2, -0.15) is 0 Å². The van der Waals surface area contributed by atoms with Crippen LogP contribution in [0.5, 0.6) is 0 Å². The second-order valence-corrected chi connectivity index (χ2v) is 14.8. The summed E-state index contributed by atoms with van der Waals surface area (Å²) in [6.07, 6.45) is 37.4. The van der Waals surface area contributed by atoms with Crippen LogP contribution in [0.1, 0.15) is 162 Å². The largest absolute Gasteiger partial charge is 0.472 e. The van der Waals surface area contributed by atoms with Gasteiger partial charge in [0.2, 0.25) is 0 Å². The second kappa shape index (κ2) is 37.3. The predicted octanol–water partition coefficient (Wildman–Crippen LogP) is 10.1. The number of carbonyl (C=O) groups excluding carboxylic acids is 2. The van der Waals surface area contributed by atoms with E-state index in [0.29, 0.717) is 25.7 Å². The fourth-order valence-corrected chi connectivity index (χ4v) is 6.00. The fourth-order valence-electron chi connectivity index (χ4n) is 5.24.